The van der Waals surface area contributed by atoms with Crippen molar-refractivity contribution in [2.24, 2.45) is 4.99 Å². The van der Waals surface area contributed by atoms with Gasteiger partial charge in [-0.3, -0.25) is 4.99 Å². The van der Waals surface area contributed by atoms with Crippen LogP contribution in [-0.2, 0) is 22.1 Å². The molecule has 0 unspecified atom stereocenters. The molecule has 0 fully saturated rings. The van der Waals surface area contributed by atoms with Crippen LogP contribution in [0.4, 0.5) is 4.39 Å². The van der Waals surface area contributed by atoms with Crippen LogP contribution in [0.15, 0.2) is 41.4 Å². The SMILES string of the molecule is CN=C(NCCCOc1c(C)cccc1C)NCc1cc(F)ccc1CS(C)(=O)=O. The Hall–Kier alpha value is -2.61. The lowest BCUT2D eigenvalue weighted by molar-refractivity contribution is 0.307. The Morgan fingerprint density at radius 3 is 2.43 bits per heavy atom. The minimum atomic E-state index is -3.22. The van der Waals surface area contributed by atoms with E-state index in [1.54, 1.807) is 7.05 Å². The Morgan fingerprint density at radius 1 is 1.10 bits per heavy atom. The largest absolute Gasteiger partial charge is 0.493 e. The monoisotopic (exact) mass is 435 g/mol. The molecule has 8 heteroatoms. The minimum absolute atomic E-state index is 0.133. The second-order valence-corrected chi connectivity index (χ2v) is 9.40. The van der Waals surface area contributed by atoms with Gasteiger partial charge in [0.2, 0.25) is 0 Å². The van der Waals surface area contributed by atoms with Crippen LogP contribution in [0, 0.1) is 19.7 Å². The topological polar surface area (TPSA) is 79.8 Å². The van der Waals surface area contributed by atoms with Crippen molar-refractivity contribution in [3.63, 3.8) is 0 Å². The number of halogens is 1. The summed E-state index contributed by atoms with van der Waals surface area (Å²) in [6, 6.07) is 10.2. The molecule has 0 aliphatic heterocycles. The zero-order valence-corrected chi connectivity index (χ0v) is 18.8. The number of sulfone groups is 1. The molecule has 0 heterocycles. The average Bonchev–Trinajstić information content (AvgIpc) is 2.66. The van der Waals surface area contributed by atoms with E-state index in [1.807, 2.05) is 32.0 Å². The maximum Gasteiger partial charge on any atom is 0.191 e. The summed E-state index contributed by atoms with van der Waals surface area (Å²) in [5, 5.41) is 6.29. The molecule has 2 aromatic carbocycles. The van der Waals surface area contributed by atoms with Crippen LogP contribution in [0.3, 0.4) is 0 Å². The van der Waals surface area contributed by atoms with Gasteiger partial charge in [-0.05, 0) is 54.7 Å². The lowest BCUT2D eigenvalue weighted by atomic mass is 10.1. The number of nitrogens with one attached hydrogen (secondary N) is 2. The molecule has 6 nitrogen and oxygen atoms in total. The van der Waals surface area contributed by atoms with Gasteiger partial charge in [0.1, 0.15) is 11.6 Å². The van der Waals surface area contributed by atoms with Gasteiger partial charge in [0, 0.05) is 26.4 Å². The van der Waals surface area contributed by atoms with Gasteiger partial charge in [-0.25, -0.2) is 12.8 Å². The number of benzene rings is 2. The van der Waals surface area contributed by atoms with Gasteiger partial charge in [-0.1, -0.05) is 24.3 Å². The predicted octanol–water partition coefficient (Wildman–Crippen LogP) is 3.12. The zero-order chi connectivity index (χ0) is 22.1. The summed E-state index contributed by atoms with van der Waals surface area (Å²) < 4.78 is 42.8. The number of guanidine groups is 1. The highest BCUT2D eigenvalue weighted by atomic mass is 32.2. The fraction of sp³-hybridized carbons (Fsp3) is 0.409. The lowest BCUT2D eigenvalue weighted by Crippen LogP contribution is -2.37. The van der Waals surface area contributed by atoms with Gasteiger partial charge in [0.25, 0.3) is 0 Å². The summed E-state index contributed by atoms with van der Waals surface area (Å²) >= 11 is 0. The number of aliphatic imine (C=N–C) groups is 1. The Labute approximate surface area is 178 Å². The number of hydrogen-bond donors (Lipinski definition) is 2. The first-order valence-corrected chi connectivity index (χ1v) is 11.8. The van der Waals surface area contributed by atoms with Gasteiger partial charge >= 0.3 is 0 Å². The van der Waals surface area contributed by atoms with Gasteiger partial charge in [0.15, 0.2) is 15.8 Å². The predicted molar refractivity (Wildman–Crippen MR) is 119 cm³/mol. The van der Waals surface area contributed by atoms with Crippen molar-refractivity contribution in [2.75, 3.05) is 26.5 Å². The summed E-state index contributed by atoms with van der Waals surface area (Å²) in [7, 11) is -1.57. The van der Waals surface area contributed by atoms with Crippen LogP contribution in [0.5, 0.6) is 5.75 Å². The quantitative estimate of drug-likeness (QED) is 0.359. The van der Waals surface area contributed by atoms with Crippen LogP contribution in [-0.4, -0.2) is 40.8 Å². The van der Waals surface area contributed by atoms with E-state index in [0.717, 1.165) is 29.6 Å². The number of aryl methyl sites for hydroxylation is 2. The van der Waals surface area contributed by atoms with Crippen molar-refractivity contribution in [1.29, 1.82) is 0 Å². The van der Waals surface area contributed by atoms with Crippen molar-refractivity contribution in [3.05, 3.63) is 64.5 Å². The fourth-order valence-corrected chi connectivity index (χ4v) is 3.91. The highest BCUT2D eigenvalue weighted by Crippen LogP contribution is 2.22. The molecule has 30 heavy (non-hydrogen) atoms. The molecule has 0 saturated carbocycles. The Morgan fingerprint density at radius 2 is 1.80 bits per heavy atom. The lowest BCUT2D eigenvalue weighted by Gasteiger charge is -2.15. The van der Waals surface area contributed by atoms with Gasteiger partial charge in [0.05, 0.1) is 12.4 Å². The third-order valence-corrected chi connectivity index (χ3v) is 5.36. The fourth-order valence-electron chi connectivity index (χ4n) is 3.06. The molecule has 164 valence electrons. The van der Waals surface area contributed by atoms with Crippen molar-refractivity contribution in [2.45, 2.75) is 32.6 Å². The van der Waals surface area contributed by atoms with Gasteiger partial charge in [-0.2, -0.15) is 0 Å². The number of para-hydroxylation sites is 1. The molecule has 0 radical (unpaired) electrons. The highest BCUT2D eigenvalue weighted by Gasteiger charge is 2.11. The van der Waals surface area contributed by atoms with Crippen LogP contribution in [0.2, 0.25) is 0 Å². The van der Waals surface area contributed by atoms with E-state index in [-0.39, 0.29) is 12.3 Å². The molecule has 0 aliphatic carbocycles. The van der Waals surface area contributed by atoms with E-state index in [9.17, 15) is 12.8 Å². The molecule has 0 aliphatic rings. The normalized spacial score (nSPS) is 12.0. The highest BCUT2D eigenvalue weighted by molar-refractivity contribution is 7.89. The summed E-state index contributed by atoms with van der Waals surface area (Å²) in [6.07, 6.45) is 1.93. The van der Waals surface area contributed by atoms with E-state index in [1.165, 1.54) is 18.2 Å². The number of ether oxygens (including phenoxy) is 1. The maximum atomic E-state index is 13.6. The molecule has 0 atom stereocenters. The third-order valence-electron chi connectivity index (χ3n) is 4.52. The van der Waals surface area contributed by atoms with Crippen LogP contribution >= 0.6 is 0 Å². The second-order valence-electron chi connectivity index (χ2n) is 7.26. The molecule has 0 spiro atoms. The van der Waals surface area contributed by atoms with Crippen molar-refractivity contribution in [3.8, 4) is 5.75 Å². The molecule has 2 N–H and O–H groups in total. The summed E-state index contributed by atoms with van der Waals surface area (Å²) in [5.74, 6) is 0.934. The summed E-state index contributed by atoms with van der Waals surface area (Å²) in [5.41, 5.74) is 3.38. The first kappa shape index (κ1) is 23.7. The zero-order valence-electron chi connectivity index (χ0n) is 18.0. The Kier molecular flexibility index (Phi) is 8.65. The smallest absolute Gasteiger partial charge is 0.191 e. The molecule has 0 bridgehead atoms. The van der Waals surface area contributed by atoms with Gasteiger partial charge < -0.3 is 15.4 Å². The van der Waals surface area contributed by atoms with Crippen LogP contribution in [0.1, 0.15) is 28.7 Å². The van der Waals surface area contributed by atoms with E-state index < -0.39 is 15.7 Å². The van der Waals surface area contributed by atoms with Crippen molar-refractivity contribution in [1.82, 2.24) is 10.6 Å². The molecule has 0 aromatic heterocycles. The standard InChI is InChI=1S/C22H30FN3O3S/c1-16-7-5-8-17(2)21(16)29-12-6-11-25-22(24-3)26-14-19-13-20(23)10-9-18(19)15-30(4,27)28/h5,7-10,13H,6,11-12,14-15H2,1-4H3,(H2,24,25,26). The van der Waals surface area contributed by atoms with E-state index in [2.05, 4.69) is 15.6 Å². The van der Waals surface area contributed by atoms with E-state index in [4.69, 9.17) is 4.74 Å². The number of rotatable bonds is 9. The molecular formula is C22H30FN3O3S. The molecular weight excluding hydrogens is 405 g/mol. The van der Waals surface area contributed by atoms with Crippen molar-refractivity contribution >= 4 is 15.8 Å². The molecule has 2 rings (SSSR count). The second kappa shape index (κ2) is 11.0. The average molecular weight is 436 g/mol. The number of hydrogen-bond acceptors (Lipinski definition) is 4. The Balaban J connectivity index is 1.83. The number of nitrogens with zero attached hydrogens (tertiary/aromatic N) is 1. The van der Waals surface area contributed by atoms with Crippen LogP contribution < -0.4 is 15.4 Å². The molecule has 0 saturated heterocycles. The molecule has 0 amide bonds. The summed E-state index contributed by atoms with van der Waals surface area (Å²) in [4.78, 5) is 4.16. The first-order chi connectivity index (χ1) is 14.2. The Bertz CT molecular complexity index is 971. The first-order valence-electron chi connectivity index (χ1n) is 9.78. The van der Waals surface area contributed by atoms with Crippen molar-refractivity contribution < 1.29 is 17.5 Å². The third kappa shape index (κ3) is 7.67. The maximum absolute atomic E-state index is 13.6. The van der Waals surface area contributed by atoms with E-state index >= 15 is 0 Å². The van der Waals surface area contributed by atoms with Gasteiger partial charge in [-0.15, -0.1) is 0 Å². The summed E-state index contributed by atoms with van der Waals surface area (Å²) in [6.45, 7) is 5.52. The van der Waals surface area contributed by atoms with Crippen LogP contribution in [0.25, 0.3) is 0 Å². The minimum Gasteiger partial charge on any atom is -0.493 e. The molecule has 2 aromatic rings. The van der Waals surface area contributed by atoms with E-state index in [0.29, 0.717) is 30.2 Å².